The van der Waals surface area contributed by atoms with Crippen LogP contribution in [0.4, 0.5) is 0 Å². The highest BCUT2D eigenvalue weighted by atomic mass is 16.4. The zero-order chi connectivity index (χ0) is 8.97. The lowest BCUT2D eigenvalue weighted by molar-refractivity contribution is -0.144. The quantitative estimate of drug-likeness (QED) is 0.650. The van der Waals surface area contributed by atoms with E-state index in [4.69, 9.17) is 5.11 Å². The SMILES string of the molecule is O=C1CCCCC[C@H](C(=O)O)C1. The predicted molar refractivity (Wildman–Crippen MR) is 43.8 cm³/mol. The van der Waals surface area contributed by atoms with E-state index in [2.05, 4.69) is 0 Å². The number of carbonyl (C=O) groups excluding carboxylic acids is 1. The highest BCUT2D eigenvalue weighted by Gasteiger charge is 2.21. The highest BCUT2D eigenvalue weighted by Crippen LogP contribution is 2.20. The number of hydrogen-bond donors (Lipinski definition) is 1. The Morgan fingerprint density at radius 2 is 2.08 bits per heavy atom. The molecule has 0 aromatic carbocycles. The van der Waals surface area contributed by atoms with Crippen LogP contribution >= 0.6 is 0 Å². The monoisotopic (exact) mass is 170 g/mol. The van der Waals surface area contributed by atoms with Crippen LogP contribution in [0, 0.1) is 5.92 Å². The molecule has 1 saturated carbocycles. The smallest absolute Gasteiger partial charge is 0.306 e. The van der Waals surface area contributed by atoms with Gasteiger partial charge in [-0.2, -0.15) is 0 Å². The van der Waals surface area contributed by atoms with Crippen LogP contribution in [0.2, 0.25) is 0 Å². The summed E-state index contributed by atoms with van der Waals surface area (Å²) in [5.74, 6) is -1.12. The van der Waals surface area contributed by atoms with Gasteiger partial charge in [0.15, 0.2) is 0 Å². The minimum absolute atomic E-state index is 0.113. The third-order valence-electron chi connectivity index (χ3n) is 2.33. The van der Waals surface area contributed by atoms with Gasteiger partial charge in [0, 0.05) is 12.8 Å². The molecule has 0 heterocycles. The molecule has 3 nitrogen and oxygen atoms in total. The Balaban J connectivity index is 2.49. The van der Waals surface area contributed by atoms with Gasteiger partial charge in [-0.05, 0) is 12.8 Å². The number of aliphatic carboxylic acids is 1. The maximum Gasteiger partial charge on any atom is 0.306 e. The van der Waals surface area contributed by atoms with Gasteiger partial charge in [-0.25, -0.2) is 0 Å². The van der Waals surface area contributed by atoms with E-state index in [0.29, 0.717) is 12.8 Å². The van der Waals surface area contributed by atoms with Gasteiger partial charge in [0.1, 0.15) is 5.78 Å². The van der Waals surface area contributed by atoms with E-state index in [1.54, 1.807) is 0 Å². The summed E-state index contributed by atoms with van der Waals surface area (Å²) in [5, 5.41) is 8.72. The lowest BCUT2D eigenvalue weighted by Gasteiger charge is -2.14. The van der Waals surface area contributed by atoms with E-state index in [0.717, 1.165) is 19.3 Å². The molecule has 1 N–H and O–H groups in total. The first-order chi connectivity index (χ1) is 5.70. The zero-order valence-corrected chi connectivity index (χ0v) is 7.08. The van der Waals surface area contributed by atoms with Crippen molar-refractivity contribution >= 4 is 11.8 Å². The van der Waals surface area contributed by atoms with E-state index < -0.39 is 11.9 Å². The summed E-state index contributed by atoms with van der Waals surface area (Å²) >= 11 is 0. The van der Waals surface area contributed by atoms with Crippen molar-refractivity contribution in [3.63, 3.8) is 0 Å². The predicted octanol–water partition coefficient (Wildman–Crippen LogP) is 1.61. The Hall–Kier alpha value is -0.860. The van der Waals surface area contributed by atoms with Crippen LogP contribution in [0.1, 0.15) is 38.5 Å². The molecule has 0 amide bonds. The molecule has 0 unspecified atom stereocenters. The van der Waals surface area contributed by atoms with E-state index in [1.807, 2.05) is 0 Å². The summed E-state index contributed by atoms with van der Waals surface area (Å²) in [6, 6.07) is 0. The van der Waals surface area contributed by atoms with Gasteiger partial charge in [0.25, 0.3) is 0 Å². The van der Waals surface area contributed by atoms with Gasteiger partial charge in [-0.3, -0.25) is 9.59 Å². The molecule has 1 aliphatic rings. The molecule has 1 atom stereocenters. The van der Waals surface area contributed by atoms with Crippen molar-refractivity contribution in [1.29, 1.82) is 0 Å². The van der Waals surface area contributed by atoms with Crippen molar-refractivity contribution in [2.75, 3.05) is 0 Å². The van der Waals surface area contributed by atoms with Crippen LogP contribution in [-0.4, -0.2) is 16.9 Å². The largest absolute Gasteiger partial charge is 0.481 e. The summed E-state index contributed by atoms with van der Waals surface area (Å²) in [5.41, 5.74) is 0. The Morgan fingerprint density at radius 1 is 1.33 bits per heavy atom. The maximum absolute atomic E-state index is 11.1. The van der Waals surface area contributed by atoms with Gasteiger partial charge in [-0.15, -0.1) is 0 Å². The second-order valence-corrected chi connectivity index (χ2v) is 3.38. The van der Waals surface area contributed by atoms with Crippen LogP contribution < -0.4 is 0 Å². The van der Waals surface area contributed by atoms with Crippen LogP contribution in [0.25, 0.3) is 0 Å². The normalized spacial score (nSPS) is 26.0. The highest BCUT2D eigenvalue weighted by molar-refractivity contribution is 5.83. The Kier molecular flexibility index (Phi) is 3.26. The average molecular weight is 170 g/mol. The molecule has 1 fully saturated rings. The van der Waals surface area contributed by atoms with Crippen molar-refractivity contribution in [3.05, 3.63) is 0 Å². The first kappa shape index (κ1) is 9.23. The van der Waals surface area contributed by atoms with Gasteiger partial charge in [-0.1, -0.05) is 12.8 Å². The molecule has 0 aliphatic heterocycles. The first-order valence-corrected chi connectivity index (χ1v) is 4.44. The lowest BCUT2D eigenvalue weighted by Crippen LogP contribution is -2.19. The Labute approximate surface area is 71.8 Å². The van der Waals surface area contributed by atoms with Crippen molar-refractivity contribution in [3.8, 4) is 0 Å². The number of ketones is 1. The van der Waals surface area contributed by atoms with Crippen LogP contribution in [0.15, 0.2) is 0 Å². The molecule has 1 aliphatic carbocycles. The van der Waals surface area contributed by atoms with Crippen molar-refractivity contribution < 1.29 is 14.7 Å². The van der Waals surface area contributed by atoms with E-state index in [1.165, 1.54) is 0 Å². The van der Waals surface area contributed by atoms with E-state index in [-0.39, 0.29) is 12.2 Å². The molecule has 12 heavy (non-hydrogen) atoms. The number of Topliss-reactive ketones (excluding diaryl/α,β-unsaturated/α-hetero) is 1. The van der Waals surface area contributed by atoms with Crippen LogP contribution in [0.3, 0.4) is 0 Å². The van der Waals surface area contributed by atoms with Gasteiger partial charge < -0.3 is 5.11 Å². The summed E-state index contributed by atoms with van der Waals surface area (Å²) in [7, 11) is 0. The maximum atomic E-state index is 11.1. The fourth-order valence-corrected chi connectivity index (χ4v) is 1.58. The van der Waals surface area contributed by atoms with Crippen LogP contribution in [0.5, 0.6) is 0 Å². The van der Waals surface area contributed by atoms with E-state index >= 15 is 0 Å². The van der Waals surface area contributed by atoms with Gasteiger partial charge >= 0.3 is 5.97 Å². The number of carboxylic acid groups (broad SMARTS) is 1. The fraction of sp³-hybridized carbons (Fsp3) is 0.778. The molecular formula is C9H14O3. The molecule has 1 rings (SSSR count). The zero-order valence-electron chi connectivity index (χ0n) is 7.08. The Morgan fingerprint density at radius 3 is 2.75 bits per heavy atom. The molecule has 0 bridgehead atoms. The molecule has 0 spiro atoms. The molecule has 0 aromatic rings. The molecular weight excluding hydrogens is 156 g/mol. The standard InChI is InChI=1S/C9H14O3/c10-8-5-3-1-2-4-7(6-8)9(11)12/h7H,1-6H2,(H,11,12)/t7-/m0/s1. The minimum Gasteiger partial charge on any atom is -0.481 e. The first-order valence-electron chi connectivity index (χ1n) is 4.44. The number of hydrogen-bond acceptors (Lipinski definition) is 2. The number of carbonyl (C=O) groups is 2. The van der Waals surface area contributed by atoms with Gasteiger partial charge in [0.2, 0.25) is 0 Å². The third-order valence-corrected chi connectivity index (χ3v) is 2.33. The van der Waals surface area contributed by atoms with Gasteiger partial charge in [0.05, 0.1) is 5.92 Å². The molecule has 0 aromatic heterocycles. The van der Waals surface area contributed by atoms with Crippen LogP contribution in [-0.2, 0) is 9.59 Å². The lowest BCUT2D eigenvalue weighted by atomic mass is 9.91. The Bertz CT molecular complexity index is 186. The molecule has 68 valence electrons. The molecule has 0 saturated heterocycles. The summed E-state index contributed by atoms with van der Waals surface area (Å²) < 4.78 is 0. The second kappa shape index (κ2) is 4.24. The summed E-state index contributed by atoms with van der Waals surface area (Å²) in [6.07, 6.45) is 4.37. The topological polar surface area (TPSA) is 54.4 Å². The molecule has 3 heteroatoms. The fourth-order valence-electron chi connectivity index (χ4n) is 1.58. The number of rotatable bonds is 1. The van der Waals surface area contributed by atoms with Crippen molar-refractivity contribution in [1.82, 2.24) is 0 Å². The average Bonchev–Trinajstić information content (AvgIpc) is 1.95. The minimum atomic E-state index is -0.815. The molecule has 0 radical (unpaired) electrons. The van der Waals surface area contributed by atoms with Crippen molar-refractivity contribution in [2.24, 2.45) is 5.92 Å². The van der Waals surface area contributed by atoms with E-state index in [9.17, 15) is 9.59 Å². The third kappa shape index (κ3) is 2.64. The number of carboxylic acids is 1. The second-order valence-electron chi connectivity index (χ2n) is 3.38. The van der Waals surface area contributed by atoms with Crippen molar-refractivity contribution in [2.45, 2.75) is 38.5 Å². The summed E-state index contributed by atoms with van der Waals surface area (Å²) in [4.78, 5) is 21.7. The summed E-state index contributed by atoms with van der Waals surface area (Å²) in [6.45, 7) is 0.